The molecule has 0 bridgehead atoms. The van der Waals surface area contributed by atoms with Crippen molar-refractivity contribution in [1.29, 1.82) is 0 Å². The van der Waals surface area contributed by atoms with Crippen molar-refractivity contribution in [2.45, 2.75) is 13.3 Å². The molecule has 5 heteroatoms. The summed E-state index contributed by atoms with van der Waals surface area (Å²) in [7, 11) is 0. The minimum atomic E-state index is -1.04. The highest BCUT2D eigenvalue weighted by Gasteiger charge is 2.01. The van der Waals surface area contributed by atoms with Crippen molar-refractivity contribution >= 4 is 6.16 Å². The first-order chi connectivity index (χ1) is 4.31. The lowest BCUT2D eigenvalue weighted by Gasteiger charge is -1.97. The van der Waals surface area contributed by atoms with E-state index in [0.29, 0.717) is 6.42 Å². The average molecular weight is 136 g/mol. The van der Waals surface area contributed by atoms with Crippen LogP contribution in [0.1, 0.15) is 13.3 Å². The second-order valence-electron chi connectivity index (χ2n) is 1.26. The number of hydrogen-bond donors (Lipinski definition) is 1. The van der Waals surface area contributed by atoms with Gasteiger partial charge in [-0.3, -0.25) is 0 Å². The van der Waals surface area contributed by atoms with Crippen LogP contribution in [-0.4, -0.2) is 18.0 Å². The van der Waals surface area contributed by atoms with Gasteiger partial charge in [0, 0.05) is 0 Å². The second-order valence-corrected chi connectivity index (χ2v) is 1.26. The SMILES string of the molecule is CCCOC(=O)OOO. The third-order valence-electron chi connectivity index (χ3n) is 0.529. The van der Waals surface area contributed by atoms with Gasteiger partial charge in [-0.25, -0.2) is 14.9 Å². The first-order valence-electron chi connectivity index (χ1n) is 2.46. The normalized spacial score (nSPS) is 8.67. The van der Waals surface area contributed by atoms with Gasteiger partial charge in [-0.1, -0.05) is 6.92 Å². The monoisotopic (exact) mass is 136 g/mol. The van der Waals surface area contributed by atoms with Gasteiger partial charge in [-0.2, -0.15) is 0 Å². The summed E-state index contributed by atoms with van der Waals surface area (Å²) in [6.07, 6.45) is -0.347. The van der Waals surface area contributed by atoms with Gasteiger partial charge in [0.15, 0.2) is 0 Å². The fourth-order valence-electron chi connectivity index (χ4n) is 0.240. The summed E-state index contributed by atoms with van der Waals surface area (Å²) in [5.41, 5.74) is 0. The smallest absolute Gasteiger partial charge is 0.432 e. The zero-order valence-electron chi connectivity index (χ0n) is 4.99. The Bertz CT molecular complexity index is 81.0. The summed E-state index contributed by atoms with van der Waals surface area (Å²) in [4.78, 5) is 13.6. The fourth-order valence-corrected chi connectivity index (χ4v) is 0.240. The molecular weight excluding hydrogens is 128 g/mol. The molecule has 0 spiro atoms. The highest BCUT2D eigenvalue weighted by Crippen LogP contribution is 1.85. The summed E-state index contributed by atoms with van der Waals surface area (Å²) in [5.74, 6) is 0. The van der Waals surface area contributed by atoms with E-state index in [2.05, 4.69) is 14.7 Å². The molecule has 0 aliphatic rings. The minimum Gasteiger partial charge on any atom is -0.432 e. The molecule has 0 heterocycles. The van der Waals surface area contributed by atoms with E-state index >= 15 is 0 Å². The molecule has 0 aromatic rings. The van der Waals surface area contributed by atoms with Gasteiger partial charge in [-0.05, 0) is 11.5 Å². The maximum Gasteiger partial charge on any atom is 0.542 e. The van der Waals surface area contributed by atoms with Crippen LogP contribution in [0.3, 0.4) is 0 Å². The van der Waals surface area contributed by atoms with Gasteiger partial charge >= 0.3 is 6.16 Å². The van der Waals surface area contributed by atoms with Crippen LogP contribution < -0.4 is 0 Å². The molecule has 0 aromatic heterocycles. The lowest BCUT2D eigenvalue weighted by Crippen LogP contribution is -2.06. The molecule has 0 unspecified atom stereocenters. The molecule has 0 aliphatic heterocycles. The Hall–Kier alpha value is -0.810. The molecule has 1 N–H and O–H groups in total. The zero-order chi connectivity index (χ0) is 7.11. The van der Waals surface area contributed by atoms with Crippen molar-refractivity contribution in [3.8, 4) is 0 Å². The third-order valence-corrected chi connectivity index (χ3v) is 0.529. The summed E-state index contributed by atoms with van der Waals surface area (Å²) < 4.78 is 4.29. The molecule has 0 radical (unpaired) electrons. The van der Waals surface area contributed by atoms with Gasteiger partial charge in [0.25, 0.3) is 0 Å². The number of hydrogen-bond acceptors (Lipinski definition) is 5. The van der Waals surface area contributed by atoms with Crippen LogP contribution in [0.15, 0.2) is 0 Å². The van der Waals surface area contributed by atoms with E-state index in [1.165, 1.54) is 0 Å². The van der Waals surface area contributed by atoms with Crippen molar-refractivity contribution in [1.82, 2.24) is 0 Å². The maximum absolute atomic E-state index is 10.1. The van der Waals surface area contributed by atoms with Crippen LogP contribution in [-0.2, 0) is 14.7 Å². The number of rotatable bonds is 3. The highest BCUT2D eigenvalue weighted by molar-refractivity contribution is 5.58. The Morgan fingerprint density at radius 2 is 2.33 bits per heavy atom. The van der Waals surface area contributed by atoms with Gasteiger partial charge in [0.2, 0.25) is 0 Å². The largest absolute Gasteiger partial charge is 0.542 e. The van der Waals surface area contributed by atoms with Gasteiger partial charge in [0.1, 0.15) is 0 Å². The highest BCUT2D eigenvalue weighted by atomic mass is 17.5. The Kier molecular flexibility index (Phi) is 4.85. The van der Waals surface area contributed by atoms with Crippen molar-refractivity contribution in [3.05, 3.63) is 0 Å². The Labute approximate surface area is 52.0 Å². The summed E-state index contributed by atoms with van der Waals surface area (Å²) >= 11 is 0. The Morgan fingerprint density at radius 3 is 2.78 bits per heavy atom. The van der Waals surface area contributed by atoms with E-state index in [9.17, 15) is 4.79 Å². The Morgan fingerprint density at radius 1 is 1.67 bits per heavy atom. The average Bonchev–Trinajstić information content (AvgIpc) is 1.85. The zero-order valence-corrected chi connectivity index (χ0v) is 4.99. The van der Waals surface area contributed by atoms with Crippen molar-refractivity contribution in [3.63, 3.8) is 0 Å². The second kappa shape index (κ2) is 5.33. The first kappa shape index (κ1) is 8.19. The van der Waals surface area contributed by atoms with Crippen molar-refractivity contribution < 1.29 is 24.7 Å². The van der Waals surface area contributed by atoms with E-state index in [-0.39, 0.29) is 6.61 Å². The molecule has 54 valence electrons. The van der Waals surface area contributed by atoms with Crippen LogP contribution >= 0.6 is 0 Å². The summed E-state index contributed by atoms with van der Waals surface area (Å²) in [6, 6.07) is 0. The Balaban J connectivity index is 3.06. The van der Waals surface area contributed by atoms with Gasteiger partial charge in [0.05, 0.1) is 6.61 Å². The predicted octanol–water partition coefficient (Wildman–Crippen LogP) is 0.954. The van der Waals surface area contributed by atoms with Crippen molar-refractivity contribution in [2.24, 2.45) is 0 Å². The van der Waals surface area contributed by atoms with E-state index in [1.807, 2.05) is 6.92 Å². The van der Waals surface area contributed by atoms with Crippen LogP contribution in [0.4, 0.5) is 4.79 Å². The topological polar surface area (TPSA) is 65.0 Å². The molecule has 0 amide bonds. The molecule has 0 aliphatic carbocycles. The van der Waals surface area contributed by atoms with E-state index in [1.54, 1.807) is 0 Å². The molecule has 9 heavy (non-hydrogen) atoms. The predicted molar refractivity (Wildman–Crippen MR) is 26.4 cm³/mol. The molecule has 0 aromatic carbocycles. The van der Waals surface area contributed by atoms with Crippen molar-refractivity contribution in [2.75, 3.05) is 6.61 Å². The van der Waals surface area contributed by atoms with E-state index < -0.39 is 6.16 Å². The maximum atomic E-state index is 10.1. The molecule has 0 atom stereocenters. The number of ether oxygens (including phenoxy) is 1. The van der Waals surface area contributed by atoms with Gasteiger partial charge in [-0.15, -0.1) is 0 Å². The molecule has 0 rings (SSSR count). The summed E-state index contributed by atoms with van der Waals surface area (Å²) in [5, 5.41) is 10.5. The lowest BCUT2D eigenvalue weighted by molar-refractivity contribution is -0.461. The van der Waals surface area contributed by atoms with Crippen LogP contribution in [0, 0.1) is 0 Å². The quantitative estimate of drug-likeness (QED) is 0.355. The molecule has 0 saturated heterocycles. The first-order valence-corrected chi connectivity index (χ1v) is 2.46. The van der Waals surface area contributed by atoms with E-state index in [0.717, 1.165) is 0 Å². The lowest BCUT2D eigenvalue weighted by atomic mass is 10.5. The molecule has 5 nitrogen and oxygen atoms in total. The molecule has 0 fully saturated rings. The van der Waals surface area contributed by atoms with Crippen LogP contribution in [0.2, 0.25) is 0 Å². The third kappa shape index (κ3) is 5.05. The van der Waals surface area contributed by atoms with Crippen LogP contribution in [0.25, 0.3) is 0 Å². The van der Waals surface area contributed by atoms with Crippen LogP contribution in [0.5, 0.6) is 0 Å². The summed E-state index contributed by atoms with van der Waals surface area (Å²) in [6.45, 7) is 2.08. The van der Waals surface area contributed by atoms with E-state index in [4.69, 9.17) is 5.26 Å². The molecular formula is C4H8O5. The van der Waals surface area contributed by atoms with Gasteiger partial charge < -0.3 is 4.74 Å². The number of carbonyl (C=O) groups excluding carboxylic acids is 1. The number of carbonyl (C=O) groups is 1. The fraction of sp³-hybridized carbons (Fsp3) is 0.750. The molecule has 0 saturated carbocycles. The standard InChI is InChI=1S/C4H8O5/c1-2-3-7-4(5)8-9-6/h6H,2-3H2,1H3. The minimum absolute atomic E-state index is 0.252.